The van der Waals surface area contributed by atoms with E-state index in [1.165, 1.54) is 38.5 Å². The summed E-state index contributed by atoms with van der Waals surface area (Å²) in [6, 6.07) is 0. The summed E-state index contributed by atoms with van der Waals surface area (Å²) >= 11 is 0. The van der Waals surface area contributed by atoms with E-state index < -0.39 is 5.97 Å². The number of nitrogens with one attached hydrogen (secondary N) is 1. The van der Waals surface area contributed by atoms with Gasteiger partial charge in [-0.2, -0.15) is 0 Å². The van der Waals surface area contributed by atoms with E-state index in [-0.39, 0.29) is 5.69 Å². The number of aromatic nitrogens is 2. The molecule has 0 aromatic carbocycles. The van der Waals surface area contributed by atoms with E-state index in [2.05, 4.69) is 9.97 Å². The van der Waals surface area contributed by atoms with E-state index in [0.29, 0.717) is 11.1 Å². The second kappa shape index (κ2) is 4.09. The lowest BCUT2D eigenvalue weighted by molar-refractivity contribution is -0.0531. The summed E-state index contributed by atoms with van der Waals surface area (Å²) in [4.78, 5) is 18.7. The highest BCUT2D eigenvalue weighted by Gasteiger charge is 2.51. The Morgan fingerprint density at radius 3 is 2.25 bits per heavy atom. The van der Waals surface area contributed by atoms with Crippen LogP contribution in [0.1, 0.15) is 60.5 Å². The second-order valence-electron chi connectivity index (χ2n) is 7.56. The summed E-state index contributed by atoms with van der Waals surface area (Å²) in [7, 11) is 0. The number of carboxylic acids is 1. The molecule has 20 heavy (non-hydrogen) atoms. The van der Waals surface area contributed by atoms with Gasteiger partial charge in [-0.3, -0.25) is 0 Å². The lowest BCUT2D eigenvalue weighted by Crippen LogP contribution is -2.47. The third-order valence-electron chi connectivity index (χ3n) is 5.84. The molecule has 4 bridgehead atoms. The van der Waals surface area contributed by atoms with Crippen LogP contribution < -0.4 is 0 Å². The number of hydrogen-bond acceptors (Lipinski definition) is 2. The number of carboxylic acid groups (broad SMARTS) is 1. The fourth-order valence-electron chi connectivity index (χ4n) is 5.68. The van der Waals surface area contributed by atoms with Gasteiger partial charge in [0.25, 0.3) is 0 Å². The van der Waals surface area contributed by atoms with Crippen LogP contribution in [0.25, 0.3) is 0 Å². The van der Waals surface area contributed by atoms with Crippen LogP contribution in [-0.4, -0.2) is 21.0 Å². The maximum atomic E-state index is 11.1. The van der Waals surface area contributed by atoms with Crippen molar-refractivity contribution in [3.63, 3.8) is 0 Å². The molecule has 1 aromatic rings. The van der Waals surface area contributed by atoms with E-state index in [1.54, 1.807) is 6.92 Å². The van der Waals surface area contributed by atoms with Gasteiger partial charge in [-0.1, -0.05) is 0 Å². The molecule has 4 aliphatic carbocycles. The van der Waals surface area contributed by atoms with Crippen molar-refractivity contribution in [2.75, 3.05) is 0 Å². The van der Waals surface area contributed by atoms with E-state index in [4.69, 9.17) is 5.11 Å². The number of nitrogens with zero attached hydrogens (tertiary/aromatic N) is 1. The van der Waals surface area contributed by atoms with Gasteiger partial charge in [0, 0.05) is 12.1 Å². The Bertz CT molecular complexity index is 526. The predicted octanol–water partition coefficient (Wildman–Crippen LogP) is 3.18. The van der Waals surface area contributed by atoms with Gasteiger partial charge in [0.2, 0.25) is 0 Å². The minimum Gasteiger partial charge on any atom is -0.476 e. The summed E-state index contributed by atoms with van der Waals surface area (Å²) in [5, 5.41) is 9.13. The van der Waals surface area contributed by atoms with Crippen molar-refractivity contribution < 1.29 is 9.90 Å². The van der Waals surface area contributed by atoms with Crippen LogP contribution in [0, 0.1) is 30.1 Å². The molecule has 108 valence electrons. The largest absolute Gasteiger partial charge is 0.476 e. The minimum absolute atomic E-state index is 0.199. The van der Waals surface area contributed by atoms with Crippen molar-refractivity contribution >= 4 is 5.97 Å². The molecule has 4 heteroatoms. The molecule has 0 unspecified atom stereocenters. The summed E-state index contributed by atoms with van der Waals surface area (Å²) in [5.41, 5.74) is 1.30. The fourth-order valence-corrected chi connectivity index (χ4v) is 5.68. The third kappa shape index (κ3) is 1.88. The monoisotopic (exact) mass is 274 g/mol. The van der Waals surface area contributed by atoms with Crippen molar-refractivity contribution in [1.29, 1.82) is 0 Å². The van der Waals surface area contributed by atoms with Gasteiger partial charge in [0.05, 0.1) is 0 Å². The maximum absolute atomic E-state index is 11.1. The van der Waals surface area contributed by atoms with Crippen molar-refractivity contribution in [2.24, 2.45) is 23.2 Å². The first kappa shape index (κ1) is 12.4. The van der Waals surface area contributed by atoms with Crippen LogP contribution in [0.3, 0.4) is 0 Å². The number of carbonyl (C=O) groups is 1. The van der Waals surface area contributed by atoms with Crippen LogP contribution in [0.4, 0.5) is 0 Å². The molecule has 0 saturated heterocycles. The smallest absolute Gasteiger partial charge is 0.356 e. The third-order valence-corrected chi connectivity index (χ3v) is 5.84. The van der Waals surface area contributed by atoms with Crippen molar-refractivity contribution in [2.45, 2.75) is 51.9 Å². The quantitative estimate of drug-likeness (QED) is 0.889. The molecule has 1 heterocycles. The van der Waals surface area contributed by atoms with Crippen molar-refractivity contribution in [1.82, 2.24) is 9.97 Å². The number of aromatic amines is 1. The van der Waals surface area contributed by atoms with Crippen LogP contribution in [0.2, 0.25) is 0 Å². The standard InChI is InChI=1S/C16H22N2O2/c1-9-14(15(19)20)18-13(17-9)8-16-5-10-2-11(6-16)4-12(3-10)7-16/h10-12H,2-8H2,1H3,(H,17,18)(H,19,20). The van der Waals surface area contributed by atoms with Gasteiger partial charge in [-0.25, -0.2) is 9.78 Å². The number of imidazole rings is 1. The van der Waals surface area contributed by atoms with Crippen molar-refractivity contribution in [3.05, 3.63) is 17.2 Å². The second-order valence-corrected chi connectivity index (χ2v) is 7.56. The highest BCUT2D eigenvalue weighted by molar-refractivity contribution is 5.86. The molecule has 4 nitrogen and oxygen atoms in total. The molecule has 4 fully saturated rings. The molecule has 0 aliphatic heterocycles. The predicted molar refractivity (Wildman–Crippen MR) is 74.6 cm³/mol. The summed E-state index contributed by atoms with van der Waals surface area (Å²) in [5.74, 6) is 2.75. The van der Waals surface area contributed by atoms with E-state index in [0.717, 1.165) is 30.0 Å². The van der Waals surface area contributed by atoms with E-state index in [9.17, 15) is 4.79 Å². The maximum Gasteiger partial charge on any atom is 0.356 e. The fraction of sp³-hybridized carbons (Fsp3) is 0.750. The van der Waals surface area contributed by atoms with Gasteiger partial charge < -0.3 is 10.1 Å². The molecule has 0 amide bonds. The van der Waals surface area contributed by atoms with Crippen molar-refractivity contribution in [3.8, 4) is 0 Å². The van der Waals surface area contributed by atoms with Gasteiger partial charge in [-0.05, 0) is 68.6 Å². The molecule has 4 saturated carbocycles. The Hall–Kier alpha value is -1.32. The number of hydrogen-bond donors (Lipinski definition) is 2. The van der Waals surface area contributed by atoms with Gasteiger partial charge in [-0.15, -0.1) is 0 Å². The summed E-state index contributed by atoms with van der Waals surface area (Å²) in [6.45, 7) is 1.81. The molecule has 0 radical (unpaired) electrons. The van der Waals surface area contributed by atoms with Gasteiger partial charge in [0.1, 0.15) is 5.82 Å². The summed E-state index contributed by atoms with van der Waals surface area (Å²) in [6.07, 6.45) is 9.28. The lowest BCUT2D eigenvalue weighted by atomic mass is 9.49. The highest BCUT2D eigenvalue weighted by Crippen LogP contribution is 2.60. The van der Waals surface area contributed by atoms with Gasteiger partial charge >= 0.3 is 5.97 Å². The number of aryl methyl sites for hydroxylation is 1. The number of rotatable bonds is 3. The SMILES string of the molecule is Cc1[nH]c(CC23CC4CC(CC(C4)C2)C3)nc1C(=O)O. The molecular formula is C16H22N2O2. The van der Waals surface area contributed by atoms with Crippen LogP contribution >= 0.6 is 0 Å². The Morgan fingerprint density at radius 1 is 1.25 bits per heavy atom. The summed E-state index contributed by atoms with van der Waals surface area (Å²) < 4.78 is 0. The van der Waals surface area contributed by atoms with Gasteiger partial charge in [0.15, 0.2) is 5.69 Å². The first-order chi connectivity index (χ1) is 9.53. The lowest BCUT2D eigenvalue weighted by Gasteiger charge is -2.56. The molecule has 5 rings (SSSR count). The highest BCUT2D eigenvalue weighted by atomic mass is 16.4. The molecule has 0 spiro atoms. The van der Waals surface area contributed by atoms with Crippen LogP contribution in [0.5, 0.6) is 0 Å². The zero-order valence-corrected chi connectivity index (χ0v) is 12.0. The molecule has 0 atom stereocenters. The average molecular weight is 274 g/mol. The first-order valence-corrected chi connectivity index (χ1v) is 7.82. The van der Waals surface area contributed by atoms with Crippen LogP contribution in [-0.2, 0) is 6.42 Å². The van der Waals surface area contributed by atoms with E-state index in [1.807, 2.05) is 0 Å². The number of aromatic carboxylic acids is 1. The Kier molecular flexibility index (Phi) is 2.54. The molecular weight excluding hydrogens is 252 g/mol. The molecule has 1 aromatic heterocycles. The zero-order chi connectivity index (χ0) is 13.9. The van der Waals surface area contributed by atoms with E-state index >= 15 is 0 Å². The minimum atomic E-state index is -0.921. The number of H-pyrrole nitrogens is 1. The molecule has 2 N–H and O–H groups in total. The zero-order valence-electron chi connectivity index (χ0n) is 12.0. The Morgan fingerprint density at radius 2 is 1.80 bits per heavy atom. The topological polar surface area (TPSA) is 66.0 Å². The first-order valence-electron chi connectivity index (χ1n) is 7.82. The average Bonchev–Trinajstić information content (AvgIpc) is 2.67. The van der Waals surface area contributed by atoms with Crippen LogP contribution in [0.15, 0.2) is 0 Å². The molecule has 4 aliphatic rings. The Balaban J connectivity index is 1.59. The Labute approximate surface area is 119 Å². The normalized spacial score (nSPS) is 38.4.